The van der Waals surface area contributed by atoms with E-state index in [0.29, 0.717) is 11.3 Å². The molecule has 2 unspecified atom stereocenters. The molecule has 1 fully saturated rings. The van der Waals surface area contributed by atoms with E-state index in [1.165, 1.54) is 0 Å². The van der Waals surface area contributed by atoms with Crippen molar-refractivity contribution in [2.45, 2.75) is 25.3 Å². The zero-order chi connectivity index (χ0) is 16.9. The monoisotopic (exact) mass is 323 g/mol. The van der Waals surface area contributed by atoms with E-state index in [-0.39, 0.29) is 23.8 Å². The molecule has 0 radical (unpaired) electrons. The molecule has 2 aromatic carbocycles. The van der Waals surface area contributed by atoms with Gasteiger partial charge >= 0.3 is 0 Å². The van der Waals surface area contributed by atoms with Crippen molar-refractivity contribution in [2.24, 2.45) is 11.7 Å². The van der Waals surface area contributed by atoms with Gasteiger partial charge in [-0.2, -0.15) is 0 Å². The first kappa shape index (κ1) is 16.2. The molecule has 1 saturated carbocycles. The van der Waals surface area contributed by atoms with Crippen LogP contribution in [-0.4, -0.2) is 17.9 Å². The van der Waals surface area contributed by atoms with Crippen LogP contribution in [0.15, 0.2) is 54.6 Å². The second-order valence-corrected chi connectivity index (χ2v) is 6.16. The summed E-state index contributed by atoms with van der Waals surface area (Å²) in [4.78, 5) is 24.4. The molecule has 0 spiro atoms. The highest BCUT2D eigenvalue weighted by Gasteiger charge is 2.27. The van der Waals surface area contributed by atoms with E-state index in [9.17, 15) is 9.59 Å². The molecule has 1 aliphatic carbocycles. The van der Waals surface area contributed by atoms with E-state index in [1.54, 1.807) is 24.3 Å². The lowest BCUT2D eigenvalue weighted by Gasteiger charge is -2.11. The molecular formula is C19H21N3O2. The van der Waals surface area contributed by atoms with Crippen LogP contribution in [0.1, 0.15) is 29.6 Å². The quantitative estimate of drug-likeness (QED) is 0.808. The highest BCUT2D eigenvalue weighted by molar-refractivity contribution is 6.04. The summed E-state index contributed by atoms with van der Waals surface area (Å²) in [5, 5.41) is 5.72. The van der Waals surface area contributed by atoms with Crippen LogP contribution >= 0.6 is 0 Å². The predicted molar refractivity (Wildman–Crippen MR) is 94.8 cm³/mol. The van der Waals surface area contributed by atoms with Crippen molar-refractivity contribution < 1.29 is 9.59 Å². The fourth-order valence-corrected chi connectivity index (χ4v) is 2.93. The Bertz CT molecular complexity index is 713. The SMILES string of the molecule is NC1CCC(C(=O)Nc2ccc(C(=O)Nc3ccccc3)cc2)C1. The number of carbonyl (C=O) groups excluding carboxylic acids is 2. The van der Waals surface area contributed by atoms with Gasteiger partial charge in [0.1, 0.15) is 0 Å². The number of hydrogen-bond acceptors (Lipinski definition) is 3. The van der Waals surface area contributed by atoms with Gasteiger partial charge in [-0.05, 0) is 55.7 Å². The van der Waals surface area contributed by atoms with Gasteiger partial charge in [-0.1, -0.05) is 18.2 Å². The summed E-state index contributed by atoms with van der Waals surface area (Å²) in [6.07, 6.45) is 2.48. The lowest BCUT2D eigenvalue weighted by Crippen LogP contribution is -2.23. The van der Waals surface area contributed by atoms with Crippen molar-refractivity contribution in [3.63, 3.8) is 0 Å². The number of nitrogens with two attached hydrogens (primary N) is 1. The van der Waals surface area contributed by atoms with Gasteiger partial charge in [-0.25, -0.2) is 0 Å². The average molecular weight is 323 g/mol. The van der Waals surface area contributed by atoms with Crippen LogP contribution < -0.4 is 16.4 Å². The highest BCUT2D eigenvalue weighted by atomic mass is 16.2. The van der Waals surface area contributed by atoms with Crippen molar-refractivity contribution in [3.8, 4) is 0 Å². The Morgan fingerprint density at radius 3 is 2.17 bits per heavy atom. The van der Waals surface area contributed by atoms with Crippen molar-refractivity contribution in [1.82, 2.24) is 0 Å². The van der Waals surface area contributed by atoms with Gasteiger partial charge in [-0.15, -0.1) is 0 Å². The van der Waals surface area contributed by atoms with Crippen LogP contribution in [0.4, 0.5) is 11.4 Å². The van der Waals surface area contributed by atoms with Gasteiger partial charge in [0.15, 0.2) is 0 Å². The molecule has 5 heteroatoms. The molecule has 1 aliphatic rings. The van der Waals surface area contributed by atoms with Crippen LogP contribution in [0.5, 0.6) is 0 Å². The molecule has 2 aromatic rings. The number of hydrogen-bond donors (Lipinski definition) is 3. The molecule has 2 atom stereocenters. The van der Waals surface area contributed by atoms with Gasteiger partial charge in [0.25, 0.3) is 5.91 Å². The van der Waals surface area contributed by atoms with Crippen molar-refractivity contribution in [3.05, 3.63) is 60.2 Å². The van der Waals surface area contributed by atoms with Gasteiger partial charge in [-0.3, -0.25) is 9.59 Å². The van der Waals surface area contributed by atoms with Crippen LogP contribution in [0.2, 0.25) is 0 Å². The molecule has 24 heavy (non-hydrogen) atoms. The lowest BCUT2D eigenvalue weighted by molar-refractivity contribution is -0.119. The molecule has 124 valence electrons. The summed E-state index contributed by atoms with van der Waals surface area (Å²) >= 11 is 0. The first-order chi connectivity index (χ1) is 11.6. The number of carbonyl (C=O) groups is 2. The van der Waals surface area contributed by atoms with Crippen LogP contribution in [-0.2, 0) is 4.79 Å². The first-order valence-electron chi connectivity index (χ1n) is 8.15. The van der Waals surface area contributed by atoms with Crippen molar-refractivity contribution in [2.75, 3.05) is 10.6 Å². The van der Waals surface area contributed by atoms with Crippen molar-refractivity contribution in [1.29, 1.82) is 0 Å². The predicted octanol–water partition coefficient (Wildman–Crippen LogP) is 3.00. The number of benzene rings is 2. The zero-order valence-corrected chi connectivity index (χ0v) is 13.4. The highest BCUT2D eigenvalue weighted by Crippen LogP contribution is 2.25. The fraction of sp³-hybridized carbons (Fsp3) is 0.263. The molecule has 2 amide bonds. The van der Waals surface area contributed by atoms with Gasteiger partial charge < -0.3 is 16.4 Å². The van der Waals surface area contributed by atoms with Gasteiger partial charge in [0, 0.05) is 28.9 Å². The zero-order valence-electron chi connectivity index (χ0n) is 13.4. The van der Waals surface area contributed by atoms with E-state index in [2.05, 4.69) is 10.6 Å². The summed E-state index contributed by atoms with van der Waals surface area (Å²) in [6, 6.07) is 16.3. The third-order valence-electron chi connectivity index (χ3n) is 4.29. The minimum atomic E-state index is -0.180. The van der Waals surface area contributed by atoms with E-state index >= 15 is 0 Å². The maximum absolute atomic E-state index is 12.2. The van der Waals surface area contributed by atoms with Gasteiger partial charge in [0.05, 0.1) is 0 Å². The maximum atomic E-state index is 12.2. The lowest BCUT2D eigenvalue weighted by atomic mass is 10.1. The Kier molecular flexibility index (Phi) is 4.91. The summed E-state index contributed by atoms with van der Waals surface area (Å²) in [7, 11) is 0. The van der Waals surface area contributed by atoms with Crippen LogP contribution in [0, 0.1) is 5.92 Å². The first-order valence-corrected chi connectivity index (χ1v) is 8.15. The second-order valence-electron chi connectivity index (χ2n) is 6.16. The van der Waals surface area contributed by atoms with E-state index in [0.717, 1.165) is 24.9 Å². The Morgan fingerprint density at radius 2 is 1.54 bits per heavy atom. The smallest absolute Gasteiger partial charge is 0.255 e. The molecule has 3 rings (SSSR count). The van der Waals surface area contributed by atoms with E-state index in [1.807, 2.05) is 30.3 Å². The normalized spacial score (nSPS) is 19.7. The molecule has 0 heterocycles. The van der Waals surface area contributed by atoms with Crippen molar-refractivity contribution >= 4 is 23.2 Å². The Balaban J connectivity index is 1.59. The molecule has 0 aliphatic heterocycles. The number of rotatable bonds is 4. The summed E-state index contributed by atoms with van der Waals surface area (Å²) in [5.41, 5.74) is 7.83. The Morgan fingerprint density at radius 1 is 0.875 bits per heavy atom. The molecule has 5 nitrogen and oxygen atoms in total. The van der Waals surface area contributed by atoms with Crippen LogP contribution in [0.3, 0.4) is 0 Å². The van der Waals surface area contributed by atoms with E-state index in [4.69, 9.17) is 5.73 Å². The topological polar surface area (TPSA) is 84.2 Å². The summed E-state index contributed by atoms with van der Waals surface area (Å²) in [6.45, 7) is 0. The summed E-state index contributed by atoms with van der Waals surface area (Å²) in [5.74, 6) is -0.189. The standard InChI is InChI=1S/C19H21N3O2/c20-15-9-6-14(12-15)19(24)22-17-10-7-13(8-11-17)18(23)21-16-4-2-1-3-5-16/h1-5,7-8,10-11,14-15H,6,9,12,20H2,(H,21,23)(H,22,24). The minimum absolute atomic E-state index is 0.00411. The molecule has 0 aromatic heterocycles. The number of anilines is 2. The number of para-hydroxylation sites is 1. The summed E-state index contributed by atoms with van der Waals surface area (Å²) < 4.78 is 0. The van der Waals surface area contributed by atoms with Crippen LogP contribution in [0.25, 0.3) is 0 Å². The average Bonchev–Trinajstić information content (AvgIpc) is 3.03. The minimum Gasteiger partial charge on any atom is -0.328 e. The Hall–Kier alpha value is -2.66. The maximum Gasteiger partial charge on any atom is 0.255 e. The third kappa shape index (κ3) is 4.00. The Labute approximate surface area is 141 Å². The number of amides is 2. The fourth-order valence-electron chi connectivity index (χ4n) is 2.93. The van der Waals surface area contributed by atoms with Gasteiger partial charge in [0.2, 0.25) is 5.91 Å². The second kappa shape index (κ2) is 7.27. The third-order valence-corrected chi connectivity index (χ3v) is 4.29. The van der Waals surface area contributed by atoms with E-state index < -0.39 is 0 Å². The molecule has 4 N–H and O–H groups in total. The number of nitrogens with one attached hydrogen (secondary N) is 2. The molecular weight excluding hydrogens is 302 g/mol. The molecule has 0 bridgehead atoms. The largest absolute Gasteiger partial charge is 0.328 e. The molecule has 0 saturated heterocycles.